The summed E-state index contributed by atoms with van der Waals surface area (Å²) in [5.74, 6) is 0.560. The topological polar surface area (TPSA) is 59.9 Å². The normalized spacial score (nSPS) is 19.2. The molecule has 1 N–H and O–H groups in total. The molecule has 0 radical (unpaired) electrons. The molecule has 3 rings (SSSR count). The number of oxime groups is 1. The predicted molar refractivity (Wildman–Crippen MR) is 88.9 cm³/mol. The number of nitrogens with zero attached hydrogens (tertiary/aromatic N) is 1. The summed E-state index contributed by atoms with van der Waals surface area (Å²) in [5.41, 5.74) is 1.92. The monoisotopic (exact) mass is 310 g/mol. The first-order valence-electron chi connectivity index (χ1n) is 7.37. The van der Waals surface area contributed by atoms with Crippen molar-refractivity contribution in [2.45, 2.75) is 18.9 Å². The lowest BCUT2D eigenvalue weighted by Gasteiger charge is -2.21. The molecule has 0 bridgehead atoms. The van der Waals surface area contributed by atoms with Gasteiger partial charge in [0.15, 0.2) is 5.60 Å². The van der Waals surface area contributed by atoms with E-state index in [1.807, 2.05) is 31.2 Å². The zero-order chi connectivity index (χ0) is 16.3. The number of hydrogen-bond donors (Lipinski definition) is 1. The zero-order valence-corrected chi connectivity index (χ0v) is 13.1. The van der Waals surface area contributed by atoms with Gasteiger partial charge in [-0.25, -0.2) is 0 Å². The molecule has 1 atom stereocenters. The Hall–Kier alpha value is -2.82. The molecule has 1 amide bonds. The fourth-order valence-electron chi connectivity index (χ4n) is 2.42. The summed E-state index contributed by atoms with van der Waals surface area (Å²) in [6.45, 7) is 1.99. The van der Waals surface area contributed by atoms with Gasteiger partial charge in [0.05, 0.1) is 7.11 Å². The first-order valence-corrected chi connectivity index (χ1v) is 7.37. The van der Waals surface area contributed by atoms with Gasteiger partial charge in [0.1, 0.15) is 5.75 Å². The molecule has 1 aliphatic heterocycles. The van der Waals surface area contributed by atoms with Gasteiger partial charge in [0.2, 0.25) is 0 Å². The molecule has 0 aliphatic carbocycles. The Labute approximate surface area is 134 Å². The molecule has 0 fully saturated rings. The molecule has 5 nitrogen and oxygen atoms in total. The van der Waals surface area contributed by atoms with E-state index in [1.165, 1.54) is 0 Å². The molecule has 0 saturated carbocycles. The van der Waals surface area contributed by atoms with E-state index in [4.69, 9.17) is 9.57 Å². The van der Waals surface area contributed by atoms with Crippen molar-refractivity contribution in [3.05, 3.63) is 59.7 Å². The van der Waals surface area contributed by atoms with E-state index in [2.05, 4.69) is 10.5 Å². The number of amides is 1. The van der Waals surface area contributed by atoms with Gasteiger partial charge in [-0.05, 0) is 48.9 Å². The van der Waals surface area contributed by atoms with Gasteiger partial charge < -0.3 is 14.9 Å². The van der Waals surface area contributed by atoms with Gasteiger partial charge in [-0.2, -0.15) is 0 Å². The van der Waals surface area contributed by atoms with E-state index in [9.17, 15) is 4.79 Å². The smallest absolute Gasteiger partial charge is 0.255 e. The predicted octanol–water partition coefficient (Wildman–Crippen LogP) is 3.57. The molecular weight excluding hydrogens is 292 g/mol. The third-order valence-electron chi connectivity index (χ3n) is 3.92. The summed E-state index contributed by atoms with van der Waals surface area (Å²) in [6, 6.07) is 14.6. The molecular formula is C18H18N2O3. The Bertz CT molecular complexity index is 713. The zero-order valence-electron chi connectivity index (χ0n) is 13.1. The highest BCUT2D eigenvalue weighted by atomic mass is 16.7. The highest BCUT2D eigenvalue weighted by Crippen LogP contribution is 2.32. The number of rotatable bonds is 4. The highest BCUT2D eigenvalue weighted by Gasteiger charge is 2.31. The SMILES string of the molecule is COc1ccc(C(=O)Nc2ccc([C@@]3(C)CC=NO3)cc2)cc1. The maximum absolute atomic E-state index is 12.2. The van der Waals surface area contributed by atoms with Crippen LogP contribution in [0.15, 0.2) is 53.7 Å². The van der Waals surface area contributed by atoms with Gasteiger partial charge in [-0.1, -0.05) is 17.3 Å². The van der Waals surface area contributed by atoms with E-state index in [1.54, 1.807) is 37.6 Å². The highest BCUT2D eigenvalue weighted by molar-refractivity contribution is 6.04. The maximum atomic E-state index is 12.2. The standard InChI is InChI=1S/C18H18N2O3/c1-18(11-12-19-23-18)14-5-7-15(8-6-14)20-17(21)13-3-9-16(22-2)10-4-13/h3-10,12H,11H2,1-2H3,(H,20,21)/t18-/m1/s1. The number of nitrogens with one attached hydrogen (secondary N) is 1. The van der Waals surface area contributed by atoms with Crippen LogP contribution >= 0.6 is 0 Å². The van der Waals surface area contributed by atoms with Crippen LogP contribution in [0.3, 0.4) is 0 Å². The van der Waals surface area contributed by atoms with Crippen LogP contribution in [0.2, 0.25) is 0 Å². The molecule has 2 aromatic rings. The number of ether oxygens (including phenoxy) is 1. The second-order valence-corrected chi connectivity index (χ2v) is 5.57. The lowest BCUT2D eigenvalue weighted by atomic mass is 9.93. The van der Waals surface area contributed by atoms with Gasteiger partial charge in [-0.3, -0.25) is 4.79 Å². The van der Waals surface area contributed by atoms with E-state index >= 15 is 0 Å². The molecule has 23 heavy (non-hydrogen) atoms. The summed E-state index contributed by atoms with van der Waals surface area (Å²) in [5, 5.41) is 6.71. The van der Waals surface area contributed by atoms with Gasteiger partial charge >= 0.3 is 0 Å². The third-order valence-corrected chi connectivity index (χ3v) is 3.92. The number of carbonyl (C=O) groups excluding carboxylic acids is 1. The van der Waals surface area contributed by atoms with Crippen LogP contribution in [-0.4, -0.2) is 19.2 Å². The van der Waals surface area contributed by atoms with E-state index in [0.29, 0.717) is 5.56 Å². The molecule has 1 heterocycles. The van der Waals surface area contributed by atoms with Crippen LogP contribution in [-0.2, 0) is 10.4 Å². The van der Waals surface area contributed by atoms with Gasteiger partial charge in [0, 0.05) is 23.9 Å². The molecule has 0 aromatic heterocycles. The fourth-order valence-corrected chi connectivity index (χ4v) is 2.42. The number of benzene rings is 2. The molecule has 5 heteroatoms. The molecule has 0 saturated heterocycles. The molecule has 0 unspecified atom stereocenters. The third kappa shape index (κ3) is 3.18. The Kier molecular flexibility index (Phi) is 4.02. The lowest BCUT2D eigenvalue weighted by molar-refractivity contribution is -0.00736. The van der Waals surface area contributed by atoms with E-state index < -0.39 is 5.60 Å². The molecule has 118 valence electrons. The summed E-state index contributed by atoms with van der Waals surface area (Å²) in [7, 11) is 1.59. The summed E-state index contributed by atoms with van der Waals surface area (Å²) in [6.07, 6.45) is 2.50. The maximum Gasteiger partial charge on any atom is 0.255 e. The van der Waals surface area contributed by atoms with Crippen molar-refractivity contribution in [2.75, 3.05) is 12.4 Å². The minimum atomic E-state index is -0.418. The minimum absolute atomic E-state index is 0.160. The first kappa shape index (κ1) is 15.1. The second-order valence-electron chi connectivity index (χ2n) is 5.57. The Balaban J connectivity index is 1.69. The van der Waals surface area contributed by atoms with Gasteiger partial charge in [-0.15, -0.1) is 0 Å². The van der Waals surface area contributed by atoms with Crippen LogP contribution in [0, 0.1) is 0 Å². The van der Waals surface area contributed by atoms with Crippen molar-refractivity contribution in [1.82, 2.24) is 0 Å². The minimum Gasteiger partial charge on any atom is -0.497 e. The molecule has 0 spiro atoms. The Morgan fingerprint density at radius 2 is 1.87 bits per heavy atom. The van der Waals surface area contributed by atoms with Crippen LogP contribution < -0.4 is 10.1 Å². The summed E-state index contributed by atoms with van der Waals surface area (Å²) < 4.78 is 5.08. The molecule has 1 aliphatic rings. The number of hydrogen-bond acceptors (Lipinski definition) is 4. The summed E-state index contributed by atoms with van der Waals surface area (Å²) in [4.78, 5) is 17.6. The van der Waals surface area contributed by atoms with Crippen LogP contribution in [0.1, 0.15) is 29.3 Å². The average Bonchev–Trinajstić information content (AvgIpc) is 3.03. The van der Waals surface area contributed by atoms with Crippen molar-refractivity contribution >= 4 is 17.8 Å². The van der Waals surface area contributed by atoms with Gasteiger partial charge in [0.25, 0.3) is 5.91 Å². The molecule has 2 aromatic carbocycles. The van der Waals surface area contributed by atoms with E-state index in [-0.39, 0.29) is 5.91 Å². The van der Waals surface area contributed by atoms with Crippen molar-refractivity contribution < 1.29 is 14.4 Å². The van der Waals surface area contributed by atoms with Crippen LogP contribution in [0.25, 0.3) is 0 Å². The first-order chi connectivity index (χ1) is 11.1. The Morgan fingerprint density at radius 3 is 2.43 bits per heavy atom. The second kappa shape index (κ2) is 6.12. The average molecular weight is 310 g/mol. The fraction of sp³-hybridized carbons (Fsp3) is 0.222. The largest absolute Gasteiger partial charge is 0.497 e. The lowest BCUT2D eigenvalue weighted by Crippen LogP contribution is -2.20. The van der Waals surface area contributed by atoms with Crippen LogP contribution in [0.5, 0.6) is 5.75 Å². The van der Waals surface area contributed by atoms with E-state index in [0.717, 1.165) is 23.4 Å². The Morgan fingerprint density at radius 1 is 1.17 bits per heavy atom. The quantitative estimate of drug-likeness (QED) is 0.939. The van der Waals surface area contributed by atoms with Crippen molar-refractivity contribution in [3.63, 3.8) is 0 Å². The van der Waals surface area contributed by atoms with Crippen LogP contribution in [0.4, 0.5) is 5.69 Å². The van der Waals surface area contributed by atoms with Crippen molar-refractivity contribution in [2.24, 2.45) is 5.16 Å². The number of carbonyl (C=O) groups is 1. The summed E-state index contributed by atoms with van der Waals surface area (Å²) >= 11 is 0. The number of anilines is 1. The number of methoxy groups -OCH3 is 1. The van der Waals surface area contributed by atoms with Crippen molar-refractivity contribution in [3.8, 4) is 5.75 Å². The van der Waals surface area contributed by atoms with Crippen molar-refractivity contribution in [1.29, 1.82) is 0 Å².